The number of likely N-dealkylation sites (tertiary alicyclic amines) is 2. The van der Waals surface area contributed by atoms with E-state index >= 15 is 0 Å². The van der Waals surface area contributed by atoms with Crippen molar-refractivity contribution in [2.45, 2.75) is 38.2 Å². The minimum Gasteiger partial charge on any atom is -0.386 e. The van der Waals surface area contributed by atoms with E-state index in [0.29, 0.717) is 26.1 Å². The average Bonchev–Trinajstić information content (AvgIpc) is 2.61. The first-order valence-electron chi connectivity index (χ1n) is 6.32. The number of hydrogen-bond acceptors (Lipinski definition) is 3. The molecule has 2 fully saturated rings. The Balaban J connectivity index is 1.77. The lowest BCUT2D eigenvalue weighted by Crippen LogP contribution is -2.64. The Morgan fingerprint density at radius 3 is 2.71 bits per heavy atom. The maximum atomic E-state index is 11.8. The Hall–Kier alpha value is -1.10. The van der Waals surface area contributed by atoms with Gasteiger partial charge in [0.15, 0.2) is 0 Å². The van der Waals surface area contributed by atoms with Crippen LogP contribution in [-0.2, 0) is 9.59 Å². The molecule has 96 valence electrons. The van der Waals surface area contributed by atoms with Gasteiger partial charge in [-0.15, -0.1) is 0 Å². The zero-order valence-electron chi connectivity index (χ0n) is 10.3. The third kappa shape index (κ3) is 2.60. The Bertz CT molecular complexity index is 324. The highest BCUT2D eigenvalue weighted by Gasteiger charge is 2.43. The molecule has 0 aromatic rings. The van der Waals surface area contributed by atoms with Crippen molar-refractivity contribution in [3.63, 3.8) is 0 Å². The van der Waals surface area contributed by atoms with Crippen LogP contribution in [0.4, 0.5) is 0 Å². The minimum absolute atomic E-state index is 0.0407. The summed E-state index contributed by atoms with van der Waals surface area (Å²) in [5.74, 6) is 0.0312. The fraction of sp³-hybridized carbons (Fsp3) is 0.833. The third-order valence-corrected chi connectivity index (χ3v) is 3.54. The van der Waals surface area contributed by atoms with Gasteiger partial charge in [-0.3, -0.25) is 9.59 Å². The number of amides is 2. The van der Waals surface area contributed by atoms with Gasteiger partial charge < -0.3 is 14.9 Å². The maximum absolute atomic E-state index is 11.8. The molecule has 2 aliphatic rings. The van der Waals surface area contributed by atoms with Crippen molar-refractivity contribution in [3.05, 3.63) is 0 Å². The van der Waals surface area contributed by atoms with Gasteiger partial charge in [0, 0.05) is 13.0 Å². The first-order valence-corrected chi connectivity index (χ1v) is 6.32. The summed E-state index contributed by atoms with van der Waals surface area (Å²) in [6.07, 6.45) is 3.07. The van der Waals surface area contributed by atoms with Crippen LogP contribution in [0.3, 0.4) is 0 Å². The fourth-order valence-corrected chi connectivity index (χ4v) is 2.60. The number of nitrogens with zero attached hydrogens (tertiary/aromatic N) is 2. The van der Waals surface area contributed by atoms with E-state index in [0.717, 1.165) is 19.3 Å². The van der Waals surface area contributed by atoms with E-state index in [-0.39, 0.29) is 18.4 Å². The van der Waals surface area contributed by atoms with E-state index in [2.05, 4.69) is 0 Å². The average molecular weight is 240 g/mol. The van der Waals surface area contributed by atoms with Crippen LogP contribution in [0.25, 0.3) is 0 Å². The molecule has 5 nitrogen and oxygen atoms in total. The molecular weight excluding hydrogens is 220 g/mol. The molecule has 17 heavy (non-hydrogen) atoms. The monoisotopic (exact) mass is 240 g/mol. The van der Waals surface area contributed by atoms with E-state index < -0.39 is 5.60 Å². The van der Waals surface area contributed by atoms with Crippen LogP contribution in [0.5, 0.6) is 0 Å². The van der Waals surface area contributed by atoms with E-state index in [1.54, 1.807) is 9.80 Å². The zero-order valence-corrected chi connectivity index (χ0v) is 10.3. The number of β-amino-alcohol motifs (C(OH)–C–C–N with tert-alkyl or cyclic N) is 1. The van der Waals surface area contributed by atoms with E-state index in [9.17, 15) is 14.7 Å². The molecule has 2 rings (SSSR count). The molecule has 0 spiro atoms. The number of carbonyl (C=O) groups excluding carboxylic acids is 2. The molecule has 2 heterocycles. The quantitative estimate of drug-likeness (QED) is 0.751. The van der Waals surface area contributed by atoms with Crippen LogP contribution in [0.15, 0.2) is 0 Å². The minimum atomic E-state index is -0.681. The summed E-state index contributed by atoms with van der Waals surface area (Å²) in [5.41, 5.74) is -0.681. The van der Waals surface area contributed by atoms with Gasteiger partial charge in [0.2, 0.25) is 11.8 Å². The predicted molar refractivity (Wildman–Crippen MR) is 62.3 cm³/mol. The van der Waals surface area contributed by atoms with Gasteiger partial charge in [-0.25, -0.2) is 0 Å². The van der Waals surface area contributed by atoms with E-state index in [4.69, 9.17) is 0 Å². The highest BCUT2D eigenvalue weighted by Crippen LogP contribution is 2.26. The summed E-state index contributed by atoms with van der Waals surface area (Å²) in [7, 11) is 0. The molecule has 1 N–H and O–H groups in total. The smallest absolute Gasteiger partial charge is 0.242 e. The van der Waals surface area contributed by atoms with Gasteiger partial charge in [-0.05, 0) is 12.8 Å². The zero-order chi connectivity index (χ0) is 12.5. The molecule has 0 unspecified atom stereocenters. The van der Waals surface area contributed by atoms with Crippen molar-refractivity contribution in [2.75, 3.05) is 26.2 Å². The number of aliphatic hydroxyl groups is 1. The second-order valence-electron chi connectivity index (χ2n) is 5.14. The largest absolute Gasteiger partial charge is 0.386 e. The molecule has 0 radical (unpaired) electrons. The van der Waals surface area contributed by atoms with Crippen LogP contribution >= 0.6 is 0 Å². The molecule has 0 aromatic carbocycles. The lowest BCUT2D eigenvalue weighted by Gasteiger charge is -2.46. The summed E-state index contributed by atoms with van der Waals surface area (Å²) in [6.45, 7) is 3.73. The summed E-state index contributed by atoms with van der Waals surface area (Å²) < 4.78 is 0. The Kier molecular flexibility index (Phi) is 3.38. The van der Waals surface area contributed by atoms with Crippen LogP contribution in [0.1, 0.15) is 32.6 Å². The molecule has 0 bridgehead atoms. The Morgan fingerprint density at radius 2 is 2.18 bits per heavy atom. The molecule has 2 saturated heterocycles. The SMILES string of the molecule is CCCC1(O)CN(C(=O)CN2CCCC2=O)C1. The first kappa shape index (κ1) is 12.4. The molecular formula is C12H20N2O3. The van der Waals surface area contributed by atoms with Gasteiger partial charge in [0.1, 0.15) is 0 Å². The molecule has 0 saturated carbocycles. The number of hydrogen-bond donors (Lipinski definition) is 1. The lowest BCUT2D eigenvalue weighted by molar-refractivity contribution is -0.158. The van der Waals surface area contributed by atoms with Crippen molar-refractivity contribution in [3.8, 4) is 0 Å². The van der Waals surface area contributed by atoms with Crippen molar-refractivity contribution in [2.24, 2.45) is 0 Å². The first-order chi connectivity index (χ1) is 8.04. The highest BCUT2D eigenvalue weighted by molar-refractivity contribution is 5.86. The van der Waals surface area contributed by atoms with E-state index in [1.807, 2.05) is 6.92 Å². The van der Waals surface area contributed by atoms with Crippen molar-refractivity contribution in [1.82, 2.24) is 9.80 Å². The second-order valence-corrected chi connectivity index (χ2v) is 5.14. The molecule has 2 aliphatic heterocycles. The summed E-state index contributed by atoms with van der Waals surface area (Å²) in [4.78, 5) is 26.5. The second kappa shape index (κ2) is 4.64. The van der Waals surface area contributed by atoms with Gasteiger partial charge in [-0.1, -0.05) is 13.3 Å². The van der Waals surface area contributed by atoms with Crippen LogP contribution in [0, 0.1) is 0 Å². The van der Waals surface area contributed by atoms with Crippen molar-refractivity contribution < 1.29 is 14.7 Å². The molecule has 5 heteroatoms. The molecule has 2 amide bonds. The predicted octanol–water partition coefficient (Wildman–Crippen LogP) is -0.0178. The van der Waals surface area contributed by atoms with Crippen LogP contribution < -0.4 is 0 Å². The topological polar surface area (TPSA) is 60.9 Å². The highest BCUT2D eigenvalue weighted by atomic mass is 16.3. The number of rotatable bonds is 4. The number of carbonyl (C=O) groups is 2. The molecule has 0 aliphatic carbocycles. The Labute approximate surface area is 101 Å². The summed E-state index contributed by atoms with van der Waals surface area (Å²) in [6, 6.07) is 0. The van der Waals surface area contributed by atoms with Crippen molar-refractivity contribution in [1.29, 1.82) is 0 Å². The van der Waals surface area contributed by atoms with Crippen LogP contribution in [0.2, 0.25) is 0 Å². The van der Waals surface area contributed by atoms with Gasteiger partial charge in [0.25, 0.3) is 0 Å². The van der Waals surface area contributed by atoms with Gasteiger partial charge in [-0.2, -0.15) is 0 Å². The van der Waals surface area contributed by atoms with Gasteiger partial charge in [0.05, 0.1) is 25.2 Å². The fourth-order valence-electron chi connectivity index (χ4n) is 2.60. The standard InChI is InChI=1S/C12H20N2O3/c1-2-5-12(17)8-14(9-12)11(16)7-13-6-3-4-10(13)15/h17H,2-9H2,1H3. The Morgan fingerprint density at radius 1 is 1.47 bits per heavy atom. The van der Waals surface area contributed by atoms with E-state index in [1.165, 1.54) is 0 Å². The normalized spacial score (nSPS) is 22.8. The summed E-state index contributed by atoms with van der Waals surface area (Å²) in [5, 5.41) is 9.97. The third-order valence-electron chi connectivity index (χ3n) is 3.54. The lowest BCUT2D eigenvalue weighted by atomic mass is 9.89. The summed E-state index contributed by atoms with van der Waals surface area (Å²) >= 11 is 0. The molecule has 0 atom stereocenters. The van der Waals surface area contributed by atoms with Gasteiger partial charge >= 0.3 is 0 Å². The van der Waals surface area contributed by atoms with Crippen LogP contribution in [-0.4, -0.2) is 58.5 Å². The molecule has 0 aromatic heterocycles. The maximum Gasteiger partial charge on any atom is 0.242 e. The van der Waals surface area contributed by atoms with Crippen molar-refractivity contribution >= 4 is 11.8 Å².